The zero-order valence-electron chi connectivity index (χ0n) is 11.0. The summed E-state index contributed by atoms with van der Waals surface area (Å²) in [6.45, 7) is 2.16. The van der Waals surface area contributed by atoms with E-state index >= 15 is 0 Å². The van der Waals surface area contributed by atoms with Crippen LogP contribution in [-0.4, -0.2) is 17.0 Å². The van der Waals surface area contributed by atoms with Gasteiger partial charge in [0.05, 0.1) is 6.10 Å². The third-order valence-electron chi connectivity index (χ3n) is 4.90. The van der Waals surface area contributed by atoms with E-state index in [1.54, 1.807) is 0 Å². The Hall–Kier alpha value is -0.370. The average Bonchev–Trinajstić information content (AvgIpc) is 2.38. The van der Waals surface area contributed by atoms with Gasteiger partial charge in [-0.25, -0.2) is 0 Å². The summed E-state index contributed by atoms with van der Waals surface area (Å²) >= 11 is 0. The molecule has 0 saturated heterocycles. The van der Waals surface area contributed by atoms with E-state index in [1.807, 2.05) is 0 Å². The fourth-order valence-electron chi connectivity index (χ4n) is 3.84. The fraction of sp³-hybridized carbons (Fsp3) is 0.933. The Kier molecular flexibility index (Phi) is 4.61. The van der Waals surface area contributed by atoms with Crippen molar-refractivity contribution in [3.8, 4) is 0 Å². The summed E-state index contributed by atoms with van der Waals surface area (Å²) in [5.41, 5.74) is 0. The van der Waals surface area contributed by atoms with Crippen LogP contribution in [0.15, 0.2) is 0 Å². The van der Waals surface area contributed by atoms with Crippen LogP contribution < -0.4 is 0 Å². The van der Waals surface area contributed by atoms with Crippen molar-refractivity contribution >= 4 is 5.78 Å². The Bertz CT molecular complexity index is 256. The third-order valence-corrected chi connectivity index (χ3v) is 4.90. The van der Waals surface area contributed by atoms with Crippen LogP contribution in [0.3, 0.4) is 0 Å². The number of hydrogen-bond donors (Lipinski definition) is 1. The third kappa shape index (κ3) is 2.90. The highest BCUT2D eigenvalue weighted by atomic mass is 16.3. The lowest BCUT2D eigenvalue weighted by molar-refractivity contribution is -0.134. The second kappa shape index (κ2) is 5.99. The zero-order chi connectivity index (χ0) is 12.3. The van der Waals surface area contributed by atoms with Gasteiger partial charge in [0.2, 0.25) is 0 Å². The van der Waals surface area contributed by atoms with Gasteiger partial charge in [0, 0.05) is 12.3 Å². The molecule has 0 aromatic carbocycles. The van der Waals surface area contributed by atoms with E-state index in [1.165, 1.54) is 19.3 Å². The van der Waals surface area contributed by atoms with Gasteiger partial charge in [-0.1, -0.05) is 32.6 Å². The molecule has 2 heteroatoms. The van der Waals surface area contributed by atoms with E-state index in [0.717, 1.165) is 32.1 Å². The smallest absolute Gasteiger partial charge is 0.138 e. The lowest BCUT2D eigenvalue weighted by Crippen LogP contribution is -2.42. The number of aliphatic hydroxyl groups is 1. The average molecular weight is 238 g/mol. The van der Waals surface area contributed by atoms with Gasteiger partial charge in [-0.15, -0.1) is 0 Å². The van der Waals surface area contributed by atoms with Crippen LogP contribution in [0.2, 0.25) is 0 Å². The van der Waals surface area contributed by atoms with Crippen molar-refractivity contribution in [1.29, 1.82) is 0 Å². The molecule has 0 radical (unpaired) electrons. The predicted octanol–water partition coefficient (Wildman–Crippen LogP) is 3.32. The molecule has 3 atom stereocenters. The van der Waals surface area contributed by atoms with E-state index in [4.69, 9.17) is 0 Å². The molecule has 2 aliphatic carbocycles. The van der Waals surface area contributed by atoms with Crippen molar-refractivity contribution in [3.05, 3.63) is 0 Å². The standard InChI is InChI=1S/C15H26O2/c1-2-11-9-6-10-13(16)14(11)15(17)12-7-4-3-5-8-12/h11-12,14-15,17H,2-10H2,1H3/t11-,14+,15+/m0/s1. The second-order valence-corrected chi connectivity index (χ2v) is 5.94. The first kappa shape index (κ1) is 13.1. The molecule has 0 unspecified atom stereocenters. The van der Waals surface area contributed by atoms with Crippen molar-refractivity contribution in [2.24, 2.45) is 17.8 Å². The zero-order valence-corrected chi connectivity index (χ0v) is 11.0. The SMILES string of the molecule is CC[C@H]1CCCC(=O)[C@@H]1[C@H](O)C1CCCCC1. The molecule has 0 aromatic rings. The van der Waals surface area contributed by atoms with Crippen LogP contribution >= 0.6 is 0 Å². The van der Waals surface area contributed by atoms with Crippen molar-refractivity contribution in [2.75, 3.05) is 0 Å². The minimum Gasteiger partial charge on any atom is -0.392 e. The summed E-state index contributed by atoms with van der Waals surface area (Å²) in [4.78, 5) is 12.1. The van der Waals surface area contributed by atoms with Crippen LogP contribution in [0.4, 0.5) is 0 Å². The van der Waals surface area contributed by atoms with Gasteiger partial charge >= 0.3 is 0 Å². The molecule has 0 aliphatic heterocycles. The summed E-state index contributed by atoms with van der Waals surface area (Å²) in [6.07, 6.45) is 9.58. The Balaban J connectivity index is 2.03. The highest BCUT2D eigenvalue weighted by Gasteiger charge is 2.39. The molecule has 0 bridgehead atoms. The number of ketones is 1. The quantitative estimate of drug-likeness (QED) is 0.819. The van der Waals surface area contributed by atoms with Crippen LogP contribution in [0, 0.1) is 17.8 Å². The minimum absolute atomic E-state index is 0.0446. The summed E-state index contributed by atoms with van der Waals surface area (Å²) in [6, 6.07) is 0. The summed E-state index contributed by atoms with van der Waals surface area (Å²) in [5.74, 6) is 1.12. The van der Waals surface area contributed by atoms with Gasteiger partial charge in [-0.05, 0) is 37.5 Å². The van der Waals surface area contributed by atoms with Gasteiger partial charge in [0.1, 0.15) is 5.78 Å². The number of Topliss-reactive ketones (excluding diaryl/α,β-unsaturated/α-hetero) is 1. The van der Waals surface area contributed by atoms with E-state index in [0.29, 0.717) is 24.0 Å². The number of carbonyl (C=O) groups is 1. The van der Waals surface area contributed by atoms with Crippen molar-refractivity contribution in [1.82, 2.24) is 0 Å². The number of hydrogen-bond acceptors (Lipinski definition) is 2. The molecule has 2 rings (SSSR count). The maximum absolute atomic E-state index is 12.1. The van der Waals surface area contributed by atoms with Crippen LogP contribution in [-0.2, 0) is 4.79 Å². The summed E-state index contributed by atoms with van der Waals surface area (Å²) in [5, 5.41) is 10.5. The van der Waals surface area contributed by atoms with Crippen molar-refractivity contribution in [3.63, 3.8) is 0 Å². The Morgan fingerprint density at radius 1 is 1.18 bits per heavy atom. The molecule has 17 heavy (non-hydrogen) atoms. The van der Waals surface area contributed by atoms with E-state index in [9.17, 15) is 9.90 Å². The molecule has 2 fully saturated rings. The van der Waals surface area contributed by atoms with Crippen LogP contribution in [0.25, 0.3) is 0 Å². The van der Waals surface area contributed by atoms with Gasteiger partial charge < -0.3 is 5.11 Å². The van der Waals surface area contributed by atoms with Crippen LogP contribution in [0.1, 0.15) is 64.7 Å². The molecule has 1 N–H and O–H groups in total. The lowest BCUT2D eigenvalue weighted by atomic mass is 9.69. The fourth-order valence-corrected chi connectivity index (χ4v) is 3.84. The molecule has 0 heterocycles. The topological polar surface area (TPSA) is 37.3 Å². The first-order valence-electron chi connectivity index (χ1n) is 7.44. The Labute approximate surface area is 105 Å². The number of carbonyl (C=O) groups excluding carboxylic acids is 1. The minimum atomic E-state index is -0.354. The van der Waals surface area contributed by atoms with E-state index in [-0.39, 0.29) is 12.0 Å². The largest absolute Gasteiger partial charge is 0.392 e. The van der Waals surface area contributed by atoms with Gasteiger partial charge in [-0.3, -0.25) is 4.79 Å². The molecular formula is C15H26O2. The normalized spacial score (nSPS) is 33.6. The van der Waals surface area contributed by atoms with E-state index in [2.05, 4.69) is 6.92 Å². The molecule has 0 aromatic heterocycles. The second-order valence-electron chi connectivity index (χ2n) is 5.94. The maximum atomic E-state index is 12.1. The van der Waals surface area contributed by atoms with E-state index < -0.39 is 0 Å². The van der Waals surface area contributed by atoms with Crippen LogP contribution in [0.5, 0.6) is 0 Å². The van der Waals surface area contributed by atoms with Gasteiger partial charge in [0.25, 0.3) is 0 Å². The molecule has 0 spiro atoms. The van der Waals surface area contributed by atoms with Crippen molar-refractivity contribution < 1.29 is 9.90 Å². The monoisotopic (exact) mass is 238 g/mol. The van der Waals surface area contributed by atoms with Gasteiger partial charge in [-0.2, -0.15) is 0 Å². The maximum Gasteiger partial charge on any atom is 0.138 e. The summed E-state index contributed by atoms with van der Waals surface area (Å²) in [7, 11) is 0. The summed E-state index contributed by atoms with van der Waals surface area (Å²) < 4.78 is 0. The Morgan fingerprint density at radius 2 is 1.88 bits per heavy atom. The first-order valence-corrected chi connectivity index (χ1v) is 7.44. The molecule has 2 aliphatic rings. The number of rotatable bonds is 3. The molecule has 2 nitrogen and oxygen atoms in total. The first-order chi connectivity index (χ1) is 8.24. The highest BCUT2D eigenvalue weighted by molar-refractivity contribution is 5.82. The van der Waals surface area contributed by atoms with Gasteiger partial charge in [0.15, 0.2) is 0 Å². The Morgan fingerprint density at radius 3 is 2.53 bits per heavy atom. The molecule has 2 saturated carbocycles. The number of aliphatic hydroxyl groups excluding tert-OH is 1. The molecule has 98 valence electrons. The lowest BCUT2D eigenvalue weighted by Gasteiger charge is -2.38. The van der Waals surface area contributed by atoms with Crippen molar-refractivity contribution in [2.45, 2.75) is 70.8 Å². The molecular weight excluding hydrogens is 212 g/mol. The highest BCUT2D eigenvalue weighted by Crippen LogP contribution is 2.38. The predicted molar refractivity (Wildman–Crippen MR) is 68.7 cm³/mol. The molecule has 0 amide bonds.